The minimum absolute atomic E-state index is 0.0994. The van der Waals surface area contributed by atoms with Crippen molar-refractivity contribution in [1.29, 1.82) is 0 Å². The summed E-state index contributed by atoms with van der Waals surface area (Å²) in [5.74, 6) is 1.24. The summed E-state index contributed by atoms with van der Waals surface area (Å²) in [6.45, 7) is 0.408. The van der Waals surface area contributed by atoms with Gasteiger partial charge in [0.25, 0.3) is 0 Å². The highest BCUT2D eigenvalue weighted by atomic mass is 32.1. The molecule has 0 aliphatic rings. The lowest BCUT2D eigenvalue weighted by molar-refractivity contribution is 0.285. The molecule has 0 spiro atoms. The molecule has 0 aliphatic carbocycles. The third kappa shape index (κ3) is 4.10. The van der Waals surface area contributed by atoms with Gasteiger partial charge >= 0.3 is 0 Å². The fourth-order valence-corrected chi connectivity index (χ4v) is 2.74. The largest absolute Gasteiger partial charge is 0.493 e. The van der Waals surface area contributed by atoms with Crippen molar-refractivity contribution in [2.45, 2.75) is 6.61 Å². The summed E-state index contributed by atoms with van der Waals surface area (Å²) in [6, 6.07) is 20.0. The summed E-state index contributed by atoms with van der Waals surface area (Å²) in [6.07, 6.45) is 1.60. The topological polar surface area (TPSA) is 68.9 Å². The first-order chi connectivity index (χ1) is 12.7. The Morgan fingerprint density at radius 1 is 1.12 bits per heavy atom. The van der Waals surface area contributed by atoms with Crippen molar-refractivity contribution in [1.82, 2.24) is 5.43 Å². The first kappa shape index (κ1) is 17.7. The van der Waals surface area contributed by atoms with Gasteiger partial charge < -0.3 is 15.2 Å². The first-order valence-electron chi connectivity index (χ1n) is 8.04. The van der Waals surface area contributed by atoms with Crippen LogP contribution in [0.25, 0.3) is 10.8 Å². The van der Waals surface area contributed by atoms with Crippen molar-refractivity contribution in [2.24, 2.45) is 10.8 Å². The molecule has 0 heterocycles. The molecule has 0 unspecified atom stereocenters. The van der Waals surface area contributed by atoms with Gasteiger partial charge in [0, 0.05) is 5.56 Å². The third-order valence-corrected chi connectivity index (χ3v) is 3.95. The van der Waals surface area contributed by atoms with E-state index >= 15 is 0 Å². The second-order valence-electron chi connectivity index (χ2n) is 5.54. The first-order valence-corrected chi connectivity index (χ1v) is 8.45. The number of rotatable bonds is 6. The molecule has 3 N–H and O–H groups in total. The molecule has 0 saturated heterocycles. The highest BCUT2D eigenvalue weighted by Gasteiger charge is 2.10. The number of hydrogen-bond acceptors (Lipinski definition) is 4. The van der Waals surface area contributed by atoms with E-state index in [1.165, 1.54) is 5.39 Å². The molecule has 0 aromatic heterocycles. The second kappa shape index (κ2) is 8.31. The summed E-state index contributed by atoms with van der Waals surface area (Å²) in [5.41, 5.74) is 9.78. The maximum atomic E-state index is 6.10. The van der Waals surface area contributed by atoms with E-state index in [2.05, 4.69) is 34.8 Å². The van der Waals surface area contributed by atoms with Crippen LogP contribution < -0.4 is 20.6 Å². The molecule has 6 heteroatoms. The average molecular weight is 365 g/mol. The van der Waals surface area contributed by atoms with Crippen LogP contribution in [0.15, 0.2) is 65.8 Å². The number of fused-ring (bicyclic) bond motifs is 1. The van der Waals surface area contributed by atoms with Crippen LogP contribution >= 0.6 is 12.2 Å². The number of nitrogens with one attached hydrogen (secondary N) is 1. The molecule has 3 aromatic carbocycles. The van der Waals surface area contributed by atoms with E-state index in [-0.39, 0.29) is 5.11 Å². The summed E-state index contributed by atoms with van der Waals surface area (Å²) in [5, 5.41) is 6.44. The van der Waals surface area contributed by atoms with Crippen molar-refractivity contribution in [3.63, 3.8) is 0 Å². The van der Waals surface area contributed by atoms with E-state index in [0.29, 0.717) is 18.1 Å². The Kier molecular flexibility index (Phi) is 5.66. The van der Waals surface area contributed by atoms with Crippen LogP contribution in [0, 0.1) is 0 Å². The Labute approximate surface area is 157 Å². The van der Waals surface area contributed by atoms with Gasteiger partial charge in [0.15, 0.2) is 16.6 Å². The Balaban J connectivity index is 1.88. The number of ether oxygens (including phenoxy) is 2. The number of methoxy groups -OCH3 is 1. The van der Waals surface area contributed by atoms with Crippen LogP contribution in [0.4, 0.5) is 0 Å². The number of nitrogens with zero attached hydrogens (tertiary/aromatic N) is 1. The standard InChI is InChI=1S/C20H19N3O2S/c1-24-18-11-5-8-15(12-22-23-20(21)26)19(18)25-13-16-9-4-7-14-6-2-3-10-17(14)16/h2-12H,13H2,1H3,(H3,21,23,26)/b22-12-. The van der Waals surface area contributed by atoms with Crippen molar-refractivity contribution < 1.29 is 9.47 Å². The van der Waals surface area contributed by atoms with Gasteiger partial charge in [-0.25, -0.2) is 0 Å². The van der Waals surface area contributed by atoms with E-state index in [0.717, 1.165) is 16.5 Å². The lowest BCUT2D eigenvalue weighted by Crippen LogP contribution is -2.24. The van der Waals surface area contributed by atoms with Gasteiger partial charge in [0.05, 0.1) is 13.3 Å². The molecule has 0 bridgehead atoms. The van der Waals surface area contributed by atoms with E-state index in [4.69, 9.17) is 27.4 Å². The molecule has 3 rings (SSSR count). The zero-order chi connectivity index (χ0) is 18.4. The summed E-state index contributed by atoms with van der Waals surface area (Å²) in [4.78, 5) is 0. The van der Waals surface area contributed by atoms with Gasteiger partial charge in [-0.15, -0.1) is 0 Å². The minimum Gasteiger partial charge on any atom is -0.493 e. The van der Waals surface area contributed by atoms with Crippen molar-refractivity contribution >= 4 is 34.3 Å². The molecule has 3 aromatic rings. The van der Waals surface area contributed by atoms with Crippen LogP contribution in [-0.2, 0) is 6.61 Å². The van der Waals surface area contributed by atoms with Crippen molar-refractivity contribution in [3.05, 3.63) is 71.8 Å². The molecule has 26 heavy (non-hydrogen) atoms. The van der Waals surface area contributed by atoms with Crippen LogP contribution in [0.3, 0.4) is 0 Å². The van der Waals surface area contributed by atoms with E-state index < -0.39 is 0 Å². The number of nitrogens with two attached hydrogens (primary N) is 1. The van der Waals surface area contributed by atoms with Gasteiger partial charge in [-0.05, 0) is 40.7 Å². The normalized spacial score (nSPS) is 10.8. The van der Waals surface area contributed by atoms with Crippen LogP contribution in [0.5, 0.6) is 11.5 Å². The number of para-hydroxylation sites is 1. The maximum absolute atomic E-state index is 6.10. The van der Waals surface area contributed by atoms with Crippen molar-refractivity contribution in [2.75, 3.05) is 7.11 Å². The third-order valence-electron chi connectivity index (χ3n) is 3.86. The Hall–Kier alpha value is -3.12. The summed E-state index contributed by atoms with van der Waals surface area (Å²) < 4.78 is 11.5. The van der Waals surface area contributed by atoms with Crippen LogP contribution in [-0.4, -0.2) is 18.4 Å². The van der Waals surface area contributed by atoms with E-state index in [9.17, 15) is 0 Å². The zero-order valence-electron chi connectivity index (χ0n) is 14.3. The molecular formula is C20H19N3O2S. The van der Waals surface area contributed by atoms with Gasteiger partial charge in [0.2, 0.25) is 0 Å². The maximum Gasteiger partial charge on any atom is 0.184 e. The minimum atomic E-state index is 0.0994. The SMILES string of the molecule is COc1cccc(/C=N\NC(N)=S)c1OCc1cccc2ccccc12. The molecule has 5 nitrogen and oxygen atoms in total. The van der Waals surface area contributed by atoms with E-state index in [1.807, 2.05) is 36.4 Å². The molecule has 132 valence electrons. The molecule has 0 saturated carbocycles. The summed E-state index contributed by atoms with van der Waals surface area (Å²) >= 11 is 4.75. The lowest BCUT2D eigenvalue weighted by Gasteiger charge is -2.14. The Morgan fingerprint density at radius 2 is 1.88 bits per heavy atom. The number of benzene rings is 3. The fraction of sp³-hybridized carbons (Fsp3) is 0.100. The Bertz CT molecular complexity index is 951. The highest BCUT2D eigenvalue weighted by molar-refractivity contribution is 7.80. The fourth-order valence-electron chi connectivity index (χ4n) is 2.68. The van der Waals surface area contributed by atoms with Crippen LogP contribution in [0.1, 0.15) is 11.1 Å². The molecule has 0 atom stereocenters. The van der Waals surface area contributed by atoms with Gasteiger partial charge in [-0.1, -0.05) is 48.5 Å². The number of thiocarbonyl (C=S) groups is 1. The predicted molar refractivity (Wildman–Crippen MR) is 109 cm³/mol. The zero-order valence-corrected chi connectivity index (χ0v) is 15.1. The van der Waals surface area contributed by atoms with Gasteiger partial charge in [-0.2, -0.15) is 5.10 Å². The lowest BCUT2D eigenvalue weighted by atomic mass is 10.1. The van der Waals surface area contributed by atoms with E-state index in [1.54, 1.807) is 13.3 Å². The van der Waals surface area contributed by atoms with Crippen molar-refractivity contribution in [3.8, 4) is 11.5 Å². The molecule has 0 fully saturated rings. The number of hydrazone groups is 1. The molecule has 0 amide bonds. The molecule has 0 radical (unpaired) electrons. The predicted octanol–water partition coefficient (Wildman–Crippen LogP) is 3.59. The van der Waals surface area contributed by atoms with Gasteiger partial charge in [-0.3, -0.25) is 5.43 Å². The smallest absolute Gasteiger partial charge is 0.184 e. The molecule has 0 aliphatic heterocycles. The summed E-state index contributed by atoms with van der Waals surface area (Å²) in [7, 11) is 1.61. The van der Waals surface area contributed by atoms with Crippen LogP contribution in [0.2, 0.25) is 0 Å². The van der Waals surface area contributed by atoms with Gasteiger partial charge in [0.1, 0.15) is 6.61 Å². The quantitative estimate of drug-likeness (QED) is 0.397. The number of hydrogen-bond donors (Lipinski definition) is 2. The molecular weight excluding hydrogens is 346 g/mol. The average Bonchev–Trinajstić information content (AvgIpc) is 2.66. The Morgan fingerprint density at radius 3 is 2.69 bits per heavy atom. The monoisotopic (exact) mass is 365 g/mol. The second-order valence-corrected chi connectivity index (χ2v) is 5.98. The highest BCUT2D eigenvalue weighted by Crippen LogP contribution is 2.31.